The molecule has 0 spiro atoms. The molecule has 86 valence electrons. The van der Waals surface area contributed by atoms with Gasteiger partial charge in [0.15, 0.2) is 0 Å². The van der Waals surface area contributed by atoms with Crippen LogP contribution in [0.2, 0.25) is 0 Å². The Morgan fingerprint density at radius 2 is 1.88 bits per heavy atom. The number of piperidine rings is 1. The summed E-state index contributed by atoms with van der Waals surface area (Å²) < 4.78 is 0. The first-order chi connectivity index (χ1) is 7.75. The lowest BCUT2D eigenvalue weighted by atomic mass is 9.79. The fourth-order valence-corrected chi connectivity index (χ4v) is 2.23. The molecule has 2 N–H and O–H groups in total. The molecule has 3 nitrogen and oxygen atoms in total. The highest BCUT2D eigenvalue weighted by atomic mass is 16.4. The van der Waals surface area contributed by atoms with Crippen LogP contribution in [0.5, 0.6) is 0 Å². The summed E-state index contributed by atoms with van der Waals surface area (Å²) in [5, 5.41) is 18.2. The number of likely N-dealkylation sites (tertiary alicyclic amines) is 1. The fraction of sp³-hybridized carbons (Fsp3) is 0.500. The zero-order valence-electron chi connectivity index (χ0n) is 9.47. The van der Waals surface area contributed by atoms with Crippen LogP contribution < -0.4 is 5.46 Å². The summed E-state index contributed by atoms with van der Waals surface area (Å²) in [6.07, 6.45) is 3.90. The van der Waals surface area contributed by atoms with Gasteiger partial charge >= 0.3 is 7.12 Å². The predicted molar refractivity (Wildman–Crippen MR) is 65.4 cm³/mol. The van der Waals surface area contributed by atoms with Gasteiger partial charge in [0.1, 0.15) is 0 Å². The van der Waals surface area contributed by atoms with Crippen molar-refractivity contribution in [3.63, 3.8) is 0 Å². The van der Waals surface area contributed by atoms with E-state index in [1.165, 1.54) is 19.3 Å². The van der Waals surface area contributed by atoms with E-state index in [1.54, 1.807) is 6.07 Å². The van der Waals surface area contributed by atoms with E-state index in [-0.39, 0.29) is 0 Å². The minimum absolute atomic E-state index is 0.578. The molecule has 1 fully saturated rings. The van der Waals surface area contributed by atoms with E-state index in [2.05, 4.69) is 4.90 Å². The predicted octanol–water partition coefficient (Wildman–Crippen LogP) is 0.352. The monoisotopic (exact) mass is 219 g/mol. The van der Waals surface area contributed by atoms with E-state index in [1.807, 2.05) is 18.2 Å². The van der Waals surface area contributed by atoms with Crippen LogP contribution in [-0.4, -0.2) is 35.2 Å². The highest BCUT2D eigenvalue weighted by Crippen LogP contribution is 2.12. The van der Waals surface area contributed by atoms with E-state index < -0.39 is 7.12 Å². The highest BCUT2D eigenvalue weighted by Gasteiger charge is 2.13. The molecule has 0 amide bonds. The summed E-state index contributed by atoms with van der Waals surface area (Å²) in [7, 11) is -1.36. The Morgan fingerprint density at radius 3 is 2.56 bits per heavy atom. The first-order valence-corrected chi connectivity index (χ1v) is 5.93. The average Bonchev–Trinajstić information content (AvgIpc) is 2.30. The molecule has 2 rings (SSSR count). The molecule has 0 saturated carbocycles. The van der Waals surface area contributed by atoms with Gasteiger partial charge in [-0.2, -0.15) is 0 Å². The third-order valence-corrected chi connectivity index (χ3v) is 3.10. The van der Waals surface area contributed by atoms with Crippen LogP contribution in [0.15, 0.2) is 24.3 Å². The molecule has 0 aromatic heterocycles. The van der Waals surface area contributed by atoms with Crippen molar-refractivity contribution in [2.45, 2.75) is 25.8 Å². The van der Waals surface area contributed by atoms with Gasteiger partial charge in [0, 0.05) is 6.54 Å². The number of benzene rings is 1. The Bertz CT molecular complexity index is 338. The van der Waals surface area contributed by atoms with Crippen molar-refractivity contribution in [2.24, 2.45) is 0 Å². The van der Waals surface area contributed by atoms with Crippen molar-refractivity contribution in [3.05, 3.63) is 29.8 Å². The maximum Gasteiger partial charge on any atom is 0.488 e. The van der Waals surface area contributed by atoms with Gasteiger partial charge in [-0.15, -0.1) is 0 Å². The van der Waals surface area contributed by atoms with Gasteiger partial charge < -0.3 is 10.0 Å². The van der Waals surface area contributed by atoms with Gasteiger partial charge in [0.05, 0.1) is 0 Å². The van der Waals surface area contributed by atoms with Crippen molar-refractivity contribution in [1.82, 2.24) is 4.90 Å². The van der Waals surface area contributed by atoms with Crippen molar-refractivity contribution in [2.75, 3.05) is 13.1 Å². The van der Waals surface area contributed by atoms with Gasteiger partial charge in [-0.25, -0.2) is 0 Å². The fourth-order valence-electron chi connectivity index (χ4n) is 2.23. The lowest BCUT2D eigenvalue weighted by Crippen LogP contribution is -2.32. The zero-order valence-corrected chi connectivity index (χ0v) is 9.47. The summed E-state index contributed by atoms with van der Waals surface area (Å²) >= 11 is 0. The van der Waals surface area contributed by atoms with Crippen molar-refractivity contribution >= 4 is 12.6 Å². The van der Waals surface area contributed by atoms with Crippen LogP contribution in [0.1, 0.15) is 24.8 Å². The van der Waals surface area contributed by atoms with Crippen LogP contribution in [0.4, 0.5) is 0 Å². The molecule has 1 aromatic carbocycles. The summed E-state index contributed by atoms with van der Waals surface area (Å²) in [5.74, 6) is 0. The van der Waals surface area contributed by atoms with Gasteiger partial charge in [0.2, 0.25) is 0 Å². The Labute approximate surface area is 96.9 Å². The second-order valence-electron chi connectivity index (χ2n) is 4.46. The molecule has 1 aliphatic rings. The average molecular weight is 219 g/mol. The van der Waals surface area contributed by atoms with Crippen molar-refractivity contribution in [1.29, 1.82) is 0 Å². The van der Waals surface area contributed by atoms with Crippen molar-refractivity contribution < 1.29 is 10.0 Å². The summed E-state index contributed by atoms with van der Waals surface area (Å²) in [5.41, 5.74) is 1.74. The molecule has 0 atom stereocenters. The molecular formula is C12H18BNO2. The van der Waals surface area contributed by atoms with Gasteiger partial charge in [-0.3, -0.25) is 4.90 Å². The molecule has 1 heterocycles. The minimum Gasteiger partial charge on any atom is -0.423 e. The molecule has 1 aliphatic heterocycles. The normalized spacial score (nSPS) is 17.4. The number of hydrogen-bond acceptors (Lipinski definition) is 3. The Morgan fingerprint density at radius 1 is 1.12 bits per heavy atom. The largest absolute Gasteiger partial charge is 0.488 e. The second kappa shape index (κ2) is 5.48. The number of hydrogen-bond donors (Lipinski definition) is 2. The van der Waals surface area contributed by atoms with E-state index in [0.717, 1.165) is 25.2 Å². The lowest BCUT2D eigenvalue weighted by Gasteiger charge is -2.26. The molecule has 1 aromatic rings. The molecule has 1 saturated heterocycles. The highest BCUT2D eigenvalue weighted by molar-refractivity contribution is 6.58. The van der Waals surface area contributed by atoms with Crippen LogP contribution >= 0.6 is 0 Å². The van der Waals surface area contributed by atoms with Crippen LogP contribution in [-0.2, 0) is 6.54 Å². The van der Waals surface area contributed by atoms with Crippen LogP contribution in [0, 0.1) is 0 Å². The molecular weight excluding hydrogens is 201 g/mol. The molecule has 0 unspecified atom stereocenters. The van der Waals surface area contributed by atoms with Crippen LogP contribution in [0.25, 0.3) is 0 Å². The standard InChI is InChI=1S/C12H18BNO2/c15-13(16)12-6-4-5-11(9-12)10-14-7-2-1-3-8-14/h4-6,9,15-16H,1-3,7-8,10H2. The molecule has 0 radical (unpaired) electrons. The van der Waals surface area contributed by atoms with Gasteiger partial charge in [-0.1, -0.05) is 30.7 Å². The van der Waals surface area contributed by atoms with Crippen LogP contribution in [0.3, 0.4) is 0 Å². The smallest absolute Gasteiger partial charge is 0.423 e. The first kappa shape index (κ1) is 11.6. The Hall–Kier alpha value is -0.835. The molecule has 4 heteroatoms. The third kappa shape index (κ3) is 3.08. The summed E-state index contributed by atoms with van der Waals surface area (Å²) in [4.78, 5) is 2.42. The Balaban J connectivity index is 2.00. The van der Waals surface area contributed by atoms with E-state index in [0.29, 0.717) is 5.46 Å². The molecule has 16 heavy (non-hydrogen) atoms. The van der Waals surface area contributed by atoms with E-state index in [9.17, 15) is 0 Å². The number of rotatable bonds is 3. The second-order valence-corrected chi connectivity index (χ2v) is 4.46. The van der Waals surface area contributed by atoms with Gasteiger partial charge in [0.25, 0.3) is 0 Å². The quantitative estimate of drug-likeness (QED) is 0.721. The third-order valence-electron chi connectivity index (χ3n) is 3.10. The SMILES string of the molecule is OB(O)c1cccc(CN2CCCCC2)c1. The van der Waals surface area contributed by atoms with Crippen molar-refractivity contribution in [3.8, 4) is 0 Å². The maximum atomic E-state index is 9.10. The first-order valence-electron chi connectivity index (χ1n) is 5.93. The zero-order chi connectivity index (χ0) is 11.4. The van der Waals surface area contributed by atoms with E-state index in [4.69, 9.17) is 10.0 Å². The molecule has 0 bridgehead atoms. The number of nitrogens with zero attached hydrogens (tertiary/aromatic N) is 1. The lowest BCUT2D eigenvalue weighted by molar-refractivity contribution is 0.221. The minimum atomic E-state index is -1.36. The topological polar surface area (TPSA) is 43.7 Å². The van der Waals surface area contributed by atoms with Gasteiger partial charge in [-0.05, 0) is 37.0 Å². The summed E-state index contributed by atoms with van der Waals surface area (Å²) in [6, 6.07) is 7.54. The van der Waals surface area contributed by atoms with E-state index >= 15 is 0 Å². The summed E-state index contributed by atoms with van der Waals surface area (Å²) in [6.45, 7) is 3.23. The Kier molecular flexibility index (Phi) is 3.99. The molecule has 0 aliphatic carbocycles. The maximum absolute atomic E-state index is 9.10.